The molecule has 3 atom stereocenters. The van der Waals surface area contributed by atoms with Crippen molar-refractivity contribution in [3.63, 3.8) is 0 Å². The Bertz CT molecular complexity index is 595. The van der Waals surface area contributed by atoms with Crippen molar-refractivity contribution in [1.29, 1.82) is 0 Å². The molecule has 0 spiro atoms. The highest BCUT2D eigenvalue weighted by Gasteiger charge is 2.38. The molecule has 1 aromatic rings. The molecule has 1 saturated carbocycles. The van der Waals surface area contributed by atoms with E-state index in [1.54, 1.807) is 12.1 Å². The van der Waals surface area contributed by atoms with Crippen molar-refractivity contribution in [2.24, 2.45) is 5.92 Å². The van der Waals surface area contributed by atoms with Crippen LogP contribution in [0, 0.1) is 5.92 Å². The number of hydrogen-bond donors (Lipinski definition) is 3. The van der Waals surface area contributed by atoms with Gasteiger partial charge in [-0.1, -0.05) is 12.8 Å². The Labute approximate surface area is 160 Å². The molecule has 3 rings (SSSR count). The first-order chi connectivity index (χ1) is 12.2. The van der Waals surface area contributed by atoms with Crippen molar-refractivity contribution in [2.45, 2.75) is 51.1 Å². The molecule has 1 heterocycles. The average molecular weight is 382 g/mol. The molecular formula is C19H28ClN3O3. The lowest BCUT2D eigenvalue weighted by molar-refractivity contribution is -0.125. The number of fused-ring (bicyclic) bond motifs is 1. The van der Waals surface area contributed by atoms with Gasteiger partial charge in [0.25, 0.3) is 0 Å². The van der Waals surface area contributed by atoms with Gasteiger partial charge in [-0.25, -0.2) is 0 Å². The molecular weight excluding hydrogens is 354 g/mol. The zero-order valence-corrected chi connectivity index (χ0v) is 15.9. The van der Waals surface area contributed by atoms with Gasteiger partial charge in [-0.2, -0.15) is 0 Å². The number of carbonyl (C=O) groups is 2. The summed E-state index contributed by atoms with van der Waals surface area (Å²) in [6, 6.07) is 7.50. The first-order valence-electron chi connectivity index (χ1n) is 9.22. The Hall–Kier alpha value is -1.79. The van der Waals surface area contributed by atoms with Crippen LogP contribution in [-0.2, 0) is 9.59 Å². The fraction of sp³-hybridized carbons (Fsp3) is 0.579. The van der Waals surface area contributed by atoms with Crippen LogP contribution in [0.4, 0.5) is 5.69 Å². The molecule has 2 fully saturated rings. The van der Waals surface area contributed by atoms with Gasteiger partial charge >= 0.3 is 0 Å². The van der Waals surface area contributed by atoms with Crippen LogP contribution in [-0.4, -0.2) is 37.0 Å². The van der Waals surface area contributed by atoms with Crippen molar-refractivity contribution >= 4 is 29.9 Å². The van der Waals surface area contributed by atoms with Crippen molar-refractivity contribution < 1.29 is 14.3 Å². The van der Waals surface area contributed by atoms with E-state index in [4.69, 9.17) is 4.74 Å². The molecule has 2 aliphatic rings. The molecule has 0 radical (unpaired) electrons. The molecule has 144 valence electrons. The molecule has 2 amide bonds. The van der Waals surface area contributed by atoms with Crippen LogP contribution in [0.25, 0.3) is 0 Å². The molecule has 0 aromatic heterocycles. The van der Waals surface area contributed by atoms with E-state index in [1.165, 1.54) is 19.3 Å². The lowest BCUT2D eigenvalue weighted by atomic mass is 9.85. The molecule has 7 heteroatoms. The smallest absolute Gasteiger partial charge is 0.243 e. The first-order valence-corrected chi connectivity index (χ1v) is 9.22. The molecule has 1 aliphatic heterocycles. The van der Waals surface area contributed by atoms with E-state index in [-0.39, 0.29) is 36.8 Å². The SMILES string of the molecule is CCOc1ccc(NC(=O)CNC(=O)C2CC3CCCCC3N2)cc1.Cl. The van der Waals surface area contributed by atoms with Crippen LogP contribution in [0.5, 0.6) is 5.75 Å². The molecule has 1 aliphatic carbocycles. The summed E-state index contributed by atoms with van der Waals surface area (Å²) >= 11 is 0. The molecule has 3 unspecified atom stereocenters. The fourth-order valence-electron chi connectivity index (χ4n) is 3.82. The normalized spacial score (nSPS) is 24.1. The third-order valence-electron chi connectivity index (χ3n) is 5.05. The minimum atomic E-state index is -0.229. The lowest BCUT2D eigenvalue weighted by Gasteiger charge is -2.24. The Balaban J connectivity index is 0.00000243. The Kier molecular flexibility index (Phi) is 7.72. The van der Waals surface area contributed by atoms with Crippen LogP contribution in [0.1, 0.15) is 39.0 Å². The summed E-state index contributed by atoms with van der Waals surface area (Å²) in [7, 11) is 0. The van der Waals surface area contributed by atoms with Crippen molar-refractivity contribution in [1.82, 2.24) is 10.6 Å². The summed E-state index contributed by atoms with van der Waals surface area (Å²) in [6.07, 6.45) is 5.76. The number of carbonyl (C=O) groups excluding carboxylic acids is 2. The number of ether oxygens (including phenoxy) is 1. The zero-order chi connectivity index (χ0) is 17.6. The summed E-state index contributed by atoms with van der Waals surface area (Å²) in [6.45, 7) is 2.51. The van der Waals surface area contributed by atoms with Gasteiger partial charge in [0.1, 0.15) is 5.75 Å². The van der Waals surface area contributed by atoms with Crippen LogP contribution < -0.4 is 20.7 Å². The van der Waals surface area contributed by atoms with Crippen LogP contribution in [0.2, 0.25) is 0 Å². The third-order valence-corrected chi connectivity index (χ3v) is 5.05. The van der Waals surface area contributed by atoms with Gasteiger partial charge in [0, 0.05) is 11.7 Å². The predicted molar refractivity (Wildman–Crippen MR) is 104 cm³/mol. The standard InChI is InChI=1S/C19H27N3O3.ClH/c1-2-25-15-9-7-14(8-10-15)21-18(23)12-20-19(24)17-11-13-5-3-4-6-16(13)22-17;/h7-10,13,16-17,22H,2-6,11-12H2,1H3,(H,20,24)(H,21,23);1H. The maximum absolute atomic E-state index is 12.3. The number of anilines is 1. The second-order valence-electron chi connectivity index (χ2n) is 6.83. The topological polar surface area (TPSA) is 79.5 Å². The maximum atomic E-state index is 12.3. The van der Waals surface area contributed by atoms with Crippen LogP contribution >= 0.6 is 12.4 Å². The quantitative estimate of drug-likeness (QED) is 0.707. The van der Waals surface area contributed by atoms with E-state index in [0.717, 1.165) is 18.6 Å². The summed E-state index contributed by atoms with van der Waals surface area (Å²) in [5.74, 6) is 1.08. The lowest BCUT2D eigenvalue weighted by Crippen LogP contribution is -2.45. The van der Waals surface area contributed by atoms with Crippen molar-refractivity contribution in [2.75, 3.05) is 18.5 Å². The number of halogens is 1. The molecule has 26 heavy (non-hydrogen) atoms. The van der Waals surface area contributed by atoms with Crippen molar-refractivity contribution in [3.05, 3.63) is 24.3 Å². The monoisotopic (exact) mass is 381 g/mol. The largest absolute Gasteiger partial charge is 0.494 e. The highest BCUT2D eigenvalue weighted by molar-refractivity contribution is 5.95. The van der Waals surface area contributed by atoms with E-state index < -0.39 is 0 Å². The first kappa shape index (κ1) is 20.5. The van der Waals surface area contributed by atoms with Crippen LogP contribution in [0.15, 0.2) is 24.3 Å². The second kappa shape index (κ2) is 9.78. The fourth-order valence-corrected chi connectivity index (χ4v) is 3.82. The predicted octanol–water partition coefficient (Wildman–Crippen LogP) is 2.48. The van der Waals surface area contributed by atoms with Gasteiger partial charge in [-0.15, -0.1) is 12.4 Å². The molecule has 0 bridgehead atoms. The summed E-state index contributed by atoms with van der Waals surface area (Å²) < 4.78 is 5.37. The van der Waals surface area contributed by atoms with Gasteiger partial charge < -0.3 is 20.7 Å². The second-order valence-corrected chi connectivity index (χ2v) is 6.83. The minimum Gasteiger partial charge on any atom is -0.494 e. The number of nitrogens with one attached hydrogen (secondary N) is 3. The number of amides is 2. The van der Waals surface area contributed by atoms with E-state index in [0.29, 0.717) is 24.3 Å². The van der Waals surface area contributed by atoms with Gasteiger partial charge in [-0.3, -0.25) is 9.59 Å². The Morgan fingerprint density at radius 1 is 1.19 bits per heavy atom. The highest BCUT2D eigenvalue weighted by atomic mass is 35.5. The summed E-state index contributed by atoms with van der Waals surface area (Å²) in [5.41, 5.74) is 0.688. The number of benzene rings is 1. The average Bonchev–Trinajstić information content (AvgIpc) is 3.06. The zero-order valence-electron chi connectivity index (χ0n) is 15.1. The summed E-state index contributed by atoms with van der Waals surface area (Å²) in [5, 5.41) is 8.95. The minimum absolute atomic E-state index is 0. The Morgan fingerprint density at radius 2 is 1.92 bits per heavy atom. The van der Waals surface area contributed by atoms with E-state index >= 15 is 0 Å². The highest BCUT2D eigenvalue weighted by Crippen LogP contribution is 2.33. The van der Waals surface area contributed by atoms with Gasteiger partial charge in [-0.05, 0) is 56.4 Å². The Morgan fingerprint density at radius 3 is 2.62 bits per heavy atom. The number of hydrogen-bond acceptors (Lipinski definition) is 4. The van der Waals surface area contributed by atoms with Gasteiger partial charge in [0.05, 0.1) is 19.2 Å². The maximum Gasteiger partial charge on any atom is 0.243 e. The van der Waals surface area contributed by atoms with E-state index in [1.807, 2.05) is 19.1 Å². The third kappa shape index (κ3) is 5.35. The van der Waals surface area contributed by atoms with Gasteiger partial charge in [0.2, 0.25) is 11.8 Å². The molecule has 1 aromatic carbocycles. The summed E-state index contributed by atoms with van der Waals surface area (Å²) in [4.78, 5) is 24.3. The van der Waals surface area contributed by atoms with Crippen LogP contribution in [0.3, 0.4) is 0 Å². The van der Waals surface area contributed by atoms with Gasteiger partial charge in [0.15, 0.2) is 0 Å². The van der Waals surface area contributed by atoms with E-state index in [2.05, 4.69) is 16.0 Å². The van der Waals surface area contributed by atoms with E-state index in [9.17, 15) is 9.59 Å². The molecule has 3 N–H and O–H groups in total. The van der Waals surface area contributed by atoms with Crippen molar-refractivity contribution in [3.8, 4) is 5.75 Å². The molecule has 6 nitrogen and oxygen atoms in total. The molecule has 1 saturated heterocycles. The number of rotatable bonds is 6.